The normalized spacial score (nSPS) is 17.9. The lowest BCUT2D eigenvalue weighted by molar-refractivity contribution is 0.368. The summed E-state index contributed by atoms with van der Waals surface area (Å²) < 4.78 is 0. The molecule has 1 fully saturated rings. The van der Waals surface area contributed by atoms with Crippen molar-refractivity contribution in [3.63, 3.8) is 0 Å². The summed E-state index contributed by atoms with van der Waals surface area (Å²) in [5.41, 5.74) is 2.52. The van der Waals surface area contributed by atoms with E-state index in [1.54, 1.807) is 0 Å². The third-order valence-corrected chi connectivity index (χ3v) is 4.72. The summed E-state index contributed by atoms with van der Waals surface area (Å²) in [4.78, 5) is 4.41. The first-order chi connectivity index (χ1) is 9.33. The third-order valence-electron chi connectivity index (χ3n) is 4.21. The van der Waals surface area contributed by atoms with E-state index in [-0.39, 0.29) is 5.54 Å². The average molecular weight is 275 g/mol. The summed E-state index contributed by atoms with van der Waals surface area (Å²) in [6.45, 7) is 0.871. The Balaban J connectivity index is 1.82. The summed E-state index contributed by atoms with van der Waals surface area (Å²) in [6, 6.07) is 10.4. The van der Waals surface area contributed by atoms with Crippen LogP contribution in [0.2, 0.25) is 0 Å². The zero-order chi connectivity index (χ0) is 13.1. The molecule has 100 valence electrons. The van der Waals surface area contributed by atoms with Gasteiger partial charge in [0.25, 0.3) is 0 Å². The molecule has 0 amide bonds. The molecule has 0 unspecified atom stereocenters. The van der Waals surface area contributed by atoms with E-state index < -0.39 is 0 Å². The van der Waals surface area contributed by atoms with Gasteiger partial charge in [-0.1, -0.05) is 31.0 Å². The van der Waals surface area contributed by atoms with Gasteiger partial charge in [0.15, 0.2) is 0 Å². The van der Waals surface area contributed by atoms with Crippen LogP contribution in [0.4, 0.5) is 0 Å². The Morgan fingerprint density at radius 3 is 2.74 bits per heavy atom. The molecule has 2 aromatic rings. The topological polar surface area (TPSA) is 24.9 Å². The Morgan fingerprint density at radius 1 is 1.16 bits per heavy atom. The van der Waals surface area contributed by atoms with Crippen molar-refractivity contribution < 1.29 is 0 Å². The Morgan fingerprint density at radius 2 is 1.95 bits per heavy atom. The maximum atomic E-state index is 6.17. The molecule has 0 saturated heterocycles. The molecule has 1 aromatic heterocycles. The number of pyridine rings is 1. The average Bonchev–Trinajstić information content (AvgIpc) is 2.94. The Hall–Kier alpha value is -1.12. The Labute approximate surface area is 119 Å². The number of alkyl halides is 1. The van der Waals surface area contributed by atoms with Gasteiger partial charge in [0.1, 0.15) is 0 Å². The number of fused-ring (bicyclic) bond motifs is 1. The minimum atomic E-state index is 0.145. The van der Waals surface area contributed by atoms with Gasteiger partial charge in [-0.15, -0.1) is 11.6 Å². The zero-order valence-corrected chi connectivity index (χ0v) is 11.8. The van der Waals surface area contributed by atoms with Gasteiger partial charge in [-0.05, 0) is 30.5 Å². The van der Waals surface area contributed by atoms with Crippen LogP contribution >= 0.6 is 11.6 Å². The summed E-state index contributed by atoms with van der Waals surface area (Å²) in [6.07, 6.45) is 6.86. The van der Waals surface area contributed by atoms with Gasteiger partial charge in [-0.25, -0.2) is 0 Å². The first-order valence-electron chi connectivity index (χ1n) is 6.97. The molecule has 1 N–H and O–H groups in total. The molecular weight excluding hydrogens is 256 g/mol. The molecule has 1 heterocycles. The van der Waals surface area contributed by atoms with Crippen molar-refractivity contribution >= 4 is 22.5 Å². The molecule has 0 radical (unpaired) electrons. The van der Waals surface area contributed by atoms with E-state index in [9.17, 15) is 0 Å². The molecule has 19 heavy (non-hydrogen) atoms. The van der Waals surface area contributed by atoms with Gasteiger partial charge in [-0.3, -0.25) is 4.98 Å². The molecule has 3 rings (SSSR count). The third kappa shape index (κ3) is 2.60. The first-order valence-corrected chi connectivity index (χ1v) is 7.50. The van der Waals surface area contributed by atoms with Gasteiger partial charge in [0.05, 0.1) is 5.52 Å². The number of halogens is 1. The molecule has 0 bridgehead atoms. The summed E-state index contributed by atoms with van der Waals surface area (Å²) in [7, 11) is 0. The van der Waals surface area contributed by atoms with Crippen molar-refractivity contribution in [3.8, 4) is 0 Å². The molecule has 1 aromatic carbocycles. The predicted octanol–water partition coefficient (Wildman–Crippen LogP) is 3.88. The van der Waals surface area contributed by atoms with Crippen LogP contribution in [0.15, 0.2) is 36.5 Å². The smallest absolute Gasteiger partial charge is 0.0705 e. The zero-order valence-electron chi connectivity index (χ0n) is 11.0. The van der Waals surface area contributed by atoms with E-state index in [1.165, 1.54) is 36.6 Å². The Kier molecular flexibility index (Phi) is 3.72. The van der Waals surface area contributed by atoms with Crippen LogP contribution in [0.3, 0.4) is 0 Å². The fraction of sp³-hybridized carbons (Fsp3) is 0.438. The molecule has 2 nitrogen and oxygen atoms in total. The SMILES string of the molecule is ClCC1(NCc2ccnc3ccccc23)CCCC1. The largest absolute Gasteiger partial charge is 0.306 e. The molecule has 0 atom stereocenters. The van der Waals surface area contributed by atoms with Crippen molar-refractivity contribution in [3.05, 3.63) is 42.1 Å². The van der Waals surface area contributed by atoms with E-state index in [0.717, 1.165) is 12.1 Å². The van der Waals surface area contributed by atoms with Crippen LogP contribution in [0.25, 0.3) is 10.9 Å². The molecule has 1 saturated carbocycles. The predicted molar refractivity (Wildman–Crippen MR) is 80.5 cm³/mol. The second-order valence-electron chi connectivity index (χ2n) is 5.46. The number of rotatable bonds is 4. The van der Waals surface area contributed by atoms with Crippen molar-refractivity contribution in [2.75, 3.05) is 5.88 Å². The molecule has 1 aliphatic rings. The summed E-state index contributed by atoms with van der Waals surface area (Å²) >= 11 is 6.17. The molecule has 0 aliphatic heterocycles. The lowest BCUT2D eigenvalue weighted by Crippen LogP contribution is -2.43. The van der Waals surface area contributed by atoms with Crippen molar-refractivity contribution in [1.29, 1.82) is 0 Å². The van der Waals surface area contributed by atoms with Crippen molar-refractivity contribution in [2.45, 2.75) is 37.8 Å². The van der Waals surface area contributed by atoms with Crippen LogP contribution in [-0.2, 0) is 6.54 Å². The number of hydrogen-bond acceptors (Lipinski definition) is 2. The van der Waals surface area contributed by atoms with E-state index in [1.807, 2.05) is 12.3 Å². The number of para-hydroxylation sites is 1. The quantitative estimate of drug-likeness (QED) is 0.856. The standard InChI is InChI=1S/C16H19ClN2/c17-12-16(8-3-4-9-16)19-11-13-7-10-18-15-6-2-1-5-14(13)15/h1-2,5-7,10,19H,3-4,8-9,11-12H2. The highest BCUT2D eigenvalue weighted by Gasteiger charge is 2.32. The van der Waals surface area contributed by atoms with Crippen LogP contribution < -0.4 is 5.32 Å². The lowest BCUT2D eigenvalue weighted by atomic mass is 9.99. The monoisotopic (exact) mass is 274 g/mol. The lowest BCUT2D eigenvalue weighted by Gasteiger charge is -2.28. The van der Waals surface area contributed by atoms with Crippen LogP contribution in [0.5, 0.6) is 0 Å². The van der Waals surface area contributed by atoms with Gasteiger partial charge in [-0.2, -0.15) is 0 Å². The Bertz CT molecular complexity index is 556. The minimum Gasteiger partial charge on any atom is -0.306 e. The van der Waals surface area contributed by atoms with Crippen molar-refractivity contribution in [2.24, 2.45) is 0 Å². The van der Waals surface area contributed by atoms with E-state index in [0.29, 0.717) is 5.88 Å². The molecular formula is C16H19ClN2. The number of nitrogens with zero attached hydrogens (tertiary/aromatic N) is 1. The van der Waals surface area contributed by atoms with Gasteiger partial charge in [0.2, 0.25) is 0 Å². The van der Waals surface area contributed by atoms with Gasteiger partial charge >= 0.3 is 0 Å². The fourth-order valence-corrected chi connectivity index (χ4v) is 3.36. The highest BCUT2D eigenvalue weighted by molar-refractivity contribution is 6.18. The van der Waals surface area contributed by atoms with Crippen LogP contribution in [0, 0.1) is 0 Å². The van der Waals surface area contributed by atoms with E-state index in [4.69, 9.17) is 11.6 Å². The fourth-order valence-electron chi connectivity index (χ4n) is 3.00. The number of nitrogens with one attached hydrogen (secondary N) is 1. The van der Waals surface area contributed by atoms with Crippen LogP contribution in [-0.4, -0.2) is 16.4 Å². The molecule has 1 aliphatic carbocycles. The van der Waals surface area contributed by atoms with E-state index >= 15 is 0 Å². The van der Waals surface area contributed by atoms with Crippen molar-refractivity contribution in [1.82, 2.24) is 10.3 Å². The second kappa shape index (κ2) is 5.48. The molecule has 3 heteroatoms. The highest BCUT2D eigenvalue weighted by atomic mass is 35.5. The van der Waals surface area contributed by atoms with Gasteiger partial charge < -0.3 is 5.32 Å². The van der Waals surface area contributed by atoms with Gasteiger partial charge in [0, 0.05) is 29.5 Å². The molecule has 0 spiro atoms. The first kappa shape index (κ1) is 12.9. The highest BCUT2D eigenvalue weighted by Crippen LogP contribution is 2.31. The van der Waals surface area contributed by atoms with E-state index in [2.05, 4.69) is 34.6 Å². The summed E-state index contributed by atoms with van der Waals surface area (Å²) in [5.74, 6) is 0.704. The maximum Gasteiger partial charge on any atom is 0.0705 e. The number of benzene rings is 1. The maximum absolute atomic E-state index is 6.17. The summed E-state index contributed by atoms with van der Waals surface area (Å²) in [5, 5.41) is 4.93. The van der Waals surface area contributed by atoms with Crippen LogP contribution in [0.1, 0.15) is 31.2 Å². The number of hydrogen-bond donors (Lipinski definition) is 1. The second-order valence-corrected chi connectivity index (χ2v) is 5.73. The minimum absolute atomic E-state index is 0.145. The number of aromatic nitrogens is 1.